The summed E-state index contributed by atoms with van der Waals surface area (Å²) in [6.45, 7) is 0. The van der Waals surface area contributed by atoms with Gasteiger partial charge in [-0.15, -0.1) is 0 Å². The molecule has 2 aromatic heterocycles. The van der Waals surface area contributed by atoms with E-state index in [1.54, 1.807) is 35.6 Å². The van der Waals surface area contributed by atoms with Crippen molar-refractivity contribution >= 4 is 17.2 Å². The normalized spacial score (nSPS) is 10.5. The highest BCUT2D eigenvalue weighted by Crippen LogP contribution is 2.23. The number of carbonyl (C=O) groups excluding carboxylic acids is 1. The molecule has 0 atom stereocenters. The van der Waals surface area contributed by atoms with Crippen LogP contribution in [0.25, 0.3) is 22.8 Å². The Balaban J connectivity index is 1.92. The number of nitrogens with two attached hydrogens (primary N) is 1. The van der Waals surface area contributed by atoms with Crippen LogP contribution >= 0.6 is 11.3 Å². The van der Waals surface area contributed by atoms with E-state index in [2.05, 4.69) is 10.1 Å². The number of nitrogens with zero attached hydrogens (tertiary/aromatic N) is 2. The highest BCUT2D eigenvalue weighted by Gasteiger charge is 2.11. The van der Waals surface area contributed by atoms with Crippen LogP contribution in [0.3, 0.4) is 0 Å². The Morgan fingerprint density at radius 1 is 1.16 bits per heavy atom. The van der Waals surface area contributed by atoms with Crippen LogP contribution in [0.2, 0.25) is 0 Å². The molecule has 6 heteroatoms. The van der Waals surface area contributed by atoms with Gasteiger partial charge in [0.25, 0.3) is 5.89 Å². The quantitative estimate of drug-likeness (QED) is 0.793. The lowest BCUT2D eigenvalue weighted by molar-refractivity contribution is 0.100. The van der Waals surface area contributed by atoms with E-state index in [-0.39, 0.29) is 0 Å². The van der Waals surface area contributed by atoms with Crippen LogP contribution in [0.4, 0.5) is 0 Å². The summed E-state index contributed by atoms with van der Waals surface area (Å²) in [5.74, 6) is 0.503. The van der Waals surface area contributed by atoms with Crippen molar-refractivity contribution in [3.8, 4) is 22.8 Å². The number of primary amides is 1. The Morgan fingerprint density at radius 2 is 1.95 bits per heavy atom. The van der Waals surface area contributed by atoms with Gasteiger partial charge in [0.2, 0.25) is 11.7 Å². The third kappa shape index (κ3) is 2.25. The maximum absolute atomic E-state index is 11.0. The monoisotopic (exact) mass is 271 g/mol. The highest BCUT2D eigenvalue weighted by molar-refractivity contribution is 7.08. The predicted molar refractivity (Wildman–Crippen MR) is 71.6 cm³/mol. The van der Waals surface area contributed by atoms with E-state index in [4.69, 9.17) is 10.3 Å². The van der Waals surface area contributed by atoms with Gasteiger partial charge in [-0.1, -0.05) is 5.16 Å². The molecule has 0 spiro atoms. The first kappa shape index (κ1) is 11.6. The second-order valence-electron chi connectivity index (χ2n) is 3.88. The minimum Gasteiger partial charge on any atom is -0.366 e. The third-order valence-corrected chi connectivity index (χ3v) is 3.31. The average Bonchev–Trinajstić information content (AvgIpc) is 3.10. The number of rotatable bonds is 3. The average molecular weight is 271 g/mol. The summed E-state index contributed by atoms with van der Waals surface area (Å²) < 4.78 is 5.20. The molecule has 94 valence electrons. The molecular formula is C13H9N3O2S. The second-order valence-corrected chi connectivity index (χ2v) is 4.66. The summed E-state index contributed by atoms with van der Waals surface area (Å²) in [6, 6.07) is 8.64. The summed E-state index contributed by atoms with van der Waals surface area (Å²) in [7, 11) is 0. The van der Waals surface area contributed by atoms with Crippen LogP contribution in [0.5, 0.6) is 0 Å². The lowest BCUT2D eigenvalue weighted by atomic mass is 10.1. The fourth-order valence-electron chi connectivity index (χ4n) is 1.63. The number of hydrogen-bond donors (Lipinski definition) is 1. The summed E-state index contributed by atoms with van der Waals surface area (Å²) in [5, 5.41) is 7.82. The maximum atomic E-state index is 11.0. The van der Waals surface area contributed by atoms with E-state index in [0.29, 0.717) is 17.3 Å². The zero-order valence-electron chi connectivity index (χ0n) is 9.74. The van der Waals surface area contributed by atoms with Gasteiger partial charge < -0.3 is 10.3 Å². The number of hydrogen-bond acceptors (Lipinski definition) is 5. The van der Waals surface area contributed by atoms with Gasteiger partial charge in [0.05, 0.1) is 0 Å². The van der Waals surface area contributed by atoms with E-state index in [9.17, 15) is 4.79 Å². The van der Waals surface area contributed by atoms with Crippen molar-refractivity contribution in [2.75, 3.05) is 0 Å². The molecule has 0 unspecified atom stereocenters. The van der Waals surface area contributed by atoms with E-state index in [0.717, 1.165) is 11.1 Å². The molecular weight excluding hydrogens is 262 g/mol. The van der Waals surface area contributed by atoms with E-state index < -0.39 is 5.91 Å². The molecule has 2 N–H and O–H groups in total. The van der Waals surface area contributed by atoms with Gasteiger partial charge in [-0.25, -0.2) is 0 Å². The number of aromatic nitrogens is 2. The maximum Gasteiger partial charge on any atom is 0.258 e. The number of benzene rings is 1. The molecule has 0 aliphatic carbocycles. The van der Waals surface area contributed by atoms with E-state index >= 15 is 0 Å². The zero-order valence-corrected chi connectivity index (χ0v) is 10.6. The Labute approximate surface area is 112 Å². The second kappa shape index (κ2) is 4.66. The van der Waals surface area contributed by atoms with Crippen molar-refractivity contribution in [3.63, 3.8) is 0 Å². The summed E-state index contributed by atoms with van der Waals surface area (Å²) >= 11 is 1.57. The number of carbonyl (C=O) groups is 1. The van der Waals surface area contributed by atoms with Crippen LogP contribution < -0.4 is 5.73 Å². The molecule has 5 nitrogen and oxygen atoms in total. The number of thiophene rings is 1. The first-order chi connectivity index (χ1) is 9.24. The molecule has 0 saturated carbocycles. The molecule has 0 radical (unpaired) electrons. The fourth-order valence-corrected chi connectivity index (χ4v) is 2.26. The van der Waals surface area contributed by atoms with Gasteiger partial charge >= 0.3 is 0 Å². The molecule has 0 bridgehead atoms. The lowest BCUT2D eigenvalue weighted by Gasteiger charge is -1.96. The molecule has 3 rings (SSSR count). The molecule has 0 aliphatic heterocycles. The van der Waals surface area contributed by atoms with Crippen molar-refractivity contribution in [3.05, 3.63) is 46.7 Å². The van der Waals surface area contributed by atoms with Gasteiger partial charge in [-0.2, -0.15) is 16.3 Å². The van der Waals surface area contributed by atoms with Gasteiger partial charge in [-0.3, -0.25) is 4.79 Å². The van der Waals surface area contributed by atoms with Crippen LogP contribution in [-0.4, -0.2) is 16.0 Å². The molecule has 1 aromatic carbocycles. The van der Waals surface area contributed by atoms with Crippen LogP contribution in [0.15, 0.2) is 45.6 Å². The Kier molecular flexibility index (Phi) is 2.85. The van der Waals surface area contributed by atoms with Crippen molar-refractivity contribution < 1.29 is 9.32 Å². The van der Waals surface area contributed by atoms with Crippen molar-refractivity contribution in [1.29, 1.82) is 0 Å². The summed E-state index contributed by atoms with van der Waals surface area (Å²) in [6.07, 6.45) is 0. The lowest BCUT2D eigenvalue weighted by Crippen LogP contribution is -2.10. The zero-order chi connectivity index (χ0) is 13.2. The summed E-state index contributed by atoms with van der Waals surface area (Å²) in [5.41, 5.74) is 7.30. The first-order valence-corrected chi connectivity index (χ1v) is 6.45. The molecule has 2 heterocycles. The molecule has 19 heavy (non-hydrogen) atoms. The SMILES string of the molecule is NC(=O)c1ccc(-c2nc(-c3ccsc3)no2)cc1. The van der Waals surface area contributed by atoms with Crippen LogP contribution in [0.1, 0.15) is 10.4 Å². The van der Waals surface area contributed by atoms with E-state index in [1.807, 2.05) is 16.8 Å². The highest BCUT2D eigenvalue weighted by atomic mass is 32.1. The predicted octanol–water partition coefficient (Wildman–Crippen LogP) is 2.56. The Hall–Kier alpha value is -2.47. The van der Waals surface area contributed by atoms with Gasteiger partial charge in [-0.05, 0) is 35.7 Å². The fraction of sp³-hybridized carbons (Fsp3) is 0. The van der Waals surface area contributed by atoms with Crippen LogP contribution in [-0.2, 0) is 0 Å². The minimum absolute atomic E-state index is 0.414. The summed E-state index contributed by atoms with van der Waals surface area (Å²) in [4.78, 5) is 15.3. The topological polar surface area (TPSA) is 82.0 Å². The van der Waals surface area contributed by atoms with Gasteiger partial charge in [0, 0.05) is 22.1 Å². The largest absolute Gasteiger partial charge is 0.366 e. The minimum atomic E-state index is -0.462. The van der Waals surface area contributed by atoms with Crippen molar-refractivity contribution in [1.82, 2.24) is 10.1 Å². The smallest absolute Gasteiger partial charge is 0.258 e. The van der Waals surface area contributed by atoms with Crippen LogP contribution in [0, 0.1) is 0 Å². The first-order valence-electron chi connectivity index (χ1n) is 5.50. The van der Waals surface area contributed by atoms with Gasteiger partial charge in [0.15, 0.2) is 0 Å². The van der Waals surface area contributed by atoms with Gasteiger partial charge in [0.1, 0.15) is 0 Å². The van der Waals surface area contributed by atoms with E-state index in [1.165, 1.54) is 0 Å². The molecule has 0 aliphatic rings. The Morgan fingerprint density at radius 3 is 2.58 bits per heavy atom. The third-order valence-electron chi connectivity index (χ3n) is 2.62. The number of amides is 1. The molecule has 0 fully saturated rings. The molecule has 1 amide bonds. The molecule has 0 saturated heterocycles. The van der Waals surface area contributed by atoms with Crippen molar-refractivity contribution in [2.24, 2.45) is 5.73 Å². The molecule has 3 aromatic rings. The Bertz CT molecular complexity index is 702. The van der Waals surface area contributed by atoms with Crippen molar-refractivity contribution in [2.45, 2.75) is 0 Å². The standard InChI is InChI=1S/C13H9N3O2S/c14-11(17)8-1-3-9(4-2-8)13-15-12(16-18-13)10-5-6-19-7-10/h1-7H,(H2,14,17).